The lowest BCUT2D eigenvalue weighted by Gasteiger charge is -2.54. The molecule has 0 fully saturated rings. The van der Waals surface area contributed by atoms with Crippen LogP contribution in [0.4, 0.5) is 0 Å². The van der Waals surface area contributed by atoms with Crippen molar-refractivity contribution in [1.29, 1.82) is 0 Å². The second-order valence-electron chi connectivity index (χ2n) is 9.82. The highest BCUT2D eigenvalue weighted by Gasteiger charge is 2.54. The van der Waals surface area contributed by atoms with Gasteiger partial charge in [0.05, 0.1) is 0 Å². The summed E-state index contributed by atoms with van der Waals surface area (Å²) < 4.78 is 9.92. The van der Waals surface area contributed by atoms with Gasteiger partial charge in [0, 0.05) is 10.8 Å². The Kier molecular flexibility index (Phi) is 10.8. The third-order valence-corrected chi connectivity index (χ3v) is 32.2. The van der Waals surface area contributed by atoms with Crippen molar-refractivity contribution in [3.05, 3.63) is 24.6 Å². The quantitative estimate of drug-likeness (QED) is 0.186. The molecule has 0 amide bonds. The number of nitrogens with zero attached hydrogens (tertiary/aromatic N) is 1. The summed E-state index contributed by atoms with van der Waals surface area (Å²) in [5, 5.41) is 0.0945. The minimum Gasteiger partial charge on any atom is -0.454 e. The zero-order chi connectivity index (χ0) is 22.8. The molecule has 10 heteroatoms. The lowest BCUT2D eigenvalue weighted by atomic mass is 10.5. The van der Waals surface area contributed by atoms with Gasteiger partial charge in [0.1, 0.15) is 16.5 Å². The Hall–Kier alpha value is 1.35. The standard InChI is InChI=1S/C18H42Cl3NOSi5/c1-13-17(22(24(5,6)15-3)25(7,8)16-4)26(9,10)23-27(11,12)18(14-2)28(19,20)21/h15-18H,3-4,13-14H2,1-2,5-12H3. The normalized spacial score (nSPS) is 16.8. The van der Waals surface area contributed by atoms with Gasteiger partial charge in [-0.05, 0) is 32.6 Å². The Bertz CT molecular complexity index is 530. The lowest BCUT2D eigenvalue weighted by molar-refractivity contribution is 0.440. The molecule has 0 aromatic carbocycles. The predicted octanol–water partition coefficient (Wildman–Crippen LogP) is 7.87. The lowest BCUT2D eigenvalue weighted by Crippen LogP contribution is -2.72. The third-order valence-electron chi connectivity index (χ3n) is 5.91. The number of hydrogen-bond donors (Lipinski definition) is 0. The molecule has 0 aliphatic rings. The van der Waals surface area contributed by atoms with E-state index in [0.717, 1.165) is 12.8 Å². The minimum atomic E-state index is -2.83. The van der Waals surface area contributed by atoms with Crippen LogP contribution in [-0.2, 0) is 4.12 Å². The van der Waals surface area contributed by atoms with Crippen molar-refractivity contribution >= 4 is 72.3 Å². The summed E-state index contributed by atoms with van der Waals surface area (Å²) in [4.78, 5) is 0. The van der Waals surface area contributed by atoms with Gasteiger partial charge in [0.2, 0.25) is 0 Å². The van der Waals surface area contributed by atoms with Gasteiger partial charge >= 0.3 is 6.00 Å². The van der Waals surface area contributed by atoms with E-state index in [1.54, 1.807) is 0 Å². The van der Waals surface area contributed by atoms with E-state index in [0.29, 0.717) is 5.67 Å². The Morgan fingerprint density at radius 1 is 0.786 bits per heavy atom. The topological polar surface area (TPSA) is 12.5 Å². The van der Waals surface area contributed by atoms with E-state index in [1.165, 1.54) is 0 Å². The maximum Gasteiger partial charge on any atom is 0.344 e. The van der Waals surface area contributed by atoms with Gasteiger partial charge in [-0.15, -0.1) is 46.4 Å². The van der Waals surface area contributed by atoms with E-state index in [1.807, 2.05) is 0 Å². The molecule has 0 aromatic rings. The molecule has 0 spiro atoms. The fourth-order valence-corrected chi connectivity index (χ4v) is 39.1. The molecule has 0 aromatic heterocycles. The summed E-state index contributed by atoms with van der Waals surface area (Å²) in [6.45, 7) is 31.5. The van der Waals surface area contributed by atoms with Crippen LogP contribution >= 0.6 is 33.2 Å². The molecule has 0 saturated heterocycles. The van der Waals surface area contributed by atoms with Crippen LogP contribution in [0.15, 0.2) is 24.6 Å². The summed E-state index contributed by atoms with van der Waals surface area (Å²) in [5.74, 6) is 0. The SMILES string of the molecule is C=C[Si](C)(C)N(C(CC)[Si](C)(C)O[Si](C)(C)C(CC)[Si](Cl)(Cl)Cl)[Si](C)(C)C=C. The molecule has 0 bridgehead atoms. The Morgan fingerprint density at radius 3 is 1.43 bits per heavy atom. The van der Waals surface area contributed by atoms with Crippen molar-refractivity contribution in [3.63, 3.8) is 0 Å². The van der Waals surface area contributed by atoms with Crippen molar-refractivity contribution in [2.24, 2.45) is 0 Å². The molecule has 0 aliphatic heterocycles. The first kappa shape index (κ1) is 29.4. The molecule has 28 heavy (non-hydrogen) atoms. The largest absolute Gasteiger partial charge is 0.454 e. The number of hydrogen-bond acceptors (Lipinski definition) is 2. The van der Waals surface area contributed by atoms with Crippen molar-refractivity contribution in [1.82, 2.24) is 4.23 Å². The fraction of sp³-hybridized carbons (Fsp3) is 0.778. The Morgan fingerprint density at radius 2 is 1.18 bits per heavy atom. The van der Waals surface area contributed by atoms with E-state index >= 15 is 0 Å². The first-order valence-corrected chi connectivity index (χ1v) is 27.3. The number of rotatable bonds is 12. The van der Waals surface area contributed by atoms with E-state index in [9.17, 15) is 0 Å². The van der Waals surface area contributed by atoms with Crippen LogP contribution in [0.5, 0.6) is 0 Å². The molecule has 2 atom stereocenters. The molecule has 0 saturated carbocycles. The summed E-state index contributed by atoms with van der Waals surface area (Å²) >= 11 is 19.5. The maximum absolute atomic E-state index is 7.11. The first-order valence-electron chi connectivity index (χ1n) is 10.2. The molecule has 2 nitrogen and oxygen atoms in total. The summed E-state index contributed by atoms with van der Waals surface area (Å²) in [5.41, 5.74) is 4.79. The zero-order valence-corrected chi connectivity index (χ0v) is 26.9. The molecule has 0 rings (SSSR count). The van der Waals surface area contributed by atoms with Crippen LogP contribution in [0, 0.1) is 0 Å². The molecule has 0 N–H and O–H groups in total. The molecule has 0 aliphatic carbocycles. The maximum atomic E-state index is 7.11. The summed E-state index contributed by atoms with van der Waals surface area (Å²) in [7, 11) is -7.95. The smallest absolute Gasteiger partial charge is 0.344 e. The van der Waals surface area contributed by atoms with Crippen LogP contribution < -0.4 is 0 Å². The molecule has 2 unspecified atom stereocenters. The average Bonchev–Trinajstić information content (AvgIpc) is 2.49. The van der Waals surface area contributed by atoms with Gasteiger partial charge in [-0.25, -0.2) is 0 Å². The second-order valence-corrected chi connectivity index (χ2v) is 36.7. The van der Waals surface area contributed by atoms with Crippen LogP contribution in [-0.4, -0.2) is 49.0 Å². The summed E-state index contributed by atoms with van der Waals surface area (Å²) in [6.07, 6.45) is 1.92. The van der Waals surface area contributed by atoms with Gasteiger partial charge in [0.15, 0.2) is 16.6 Å². The van der Waals surface area contributed by atoms with Crippen LogP contribution in [0.25, 0.3) is 0 Å². The second kappa shape index (κ2) is 10.3. The third kappa shape index (κ3) is 7.20. The van der Waals surface area contributed by atoms with Gasteiger partial charge in [-0.2, -0.15) is 0 Å². The minimum absolute atomic E-state index is 0.0945. The highest BCUT2D eigenvalue weighted by molar-refractivity contribution is 7.66. The van der Waals surface area contributed by atoms with Gasteiger partial charge in [-0.3, -0.25) is 0 Å². The van der Waals surface area contributed by atoms with Crippen LogP contribution in [0.2, 0.25) is 57.5 Å². The Labute approximate surface area is 194 Å². The van der Waals surface area contributed by atoms with Gasteiger partial charge in [0.25, 0.3) is 0 Å². The predicted molar refractivity (Wildman–Crippen MR) is 145 cm³/mol. The monoisotopic (exact) mass is 533 g/mol. The fourth-order valence-electron chi connectivity index (χ4n) is 4.66. The molecule has 0 heterocycles. The van der Waals surface area contributed by atoms with Crippen molar-refractivity contribution in [2.45, 2.75) is 89.9 Å². The van der Waals surface area contributed by atoms with E-state index in [-0.39, 0.29) is 5.16 Å². The molecule has 166 valence electrons. The number of halogens is 3. The van der Waals surface area contributed by atoms with Crippen LogP contribution in [0.3, 0.4) is 0 Å². The average molecular weight is 535 g/mol. The zero-order valence-electron chi connectivity index (χ0n) is 19.6. The van der Waals surface area contributed by atoms with Crippen molar-refractivity contribution in [2.75, 3.05) is 0 Å². The summed E-state index contributed by atoms with van der Waals surface area (Å²) in [6, 6.07) is -2.83. The van der Waals surface area contributed by atoms with E-state index in [2.05, 4.69) is 95.0 Å². The van der Waals surface area contributed by atoms with Crippen LogP contribution in [0.1, 0.15) is 26.7 Å². The van der Waals surface area contributed by atoms with Crippen molar-refractivity contribution in [3.8, 4) is 0 Å². The highest BCUT2D eigenvalue weighted by Crippen LogP contribution is 2.45. The Balaban J connectivity index is 6.23. The molecule has 0 radical (unpaired) electrons. The van der Waals surface area contributed by atoms with E-state index < -0.39 is 39.1 Å². The van der Waals surface area contributed by atoms with E-state index in [4.69, 9.17) is 37.4 Å². The van der Waals surface area contributed by atoms with Gasteiger partial charge in [-0.1, -0.05) is 57.9 Å². The molecular weight excluding hydrogens is 493 g/mol. The van der Waals surface area contributed by atoms with Gasteiger partial charge < -0.3 is 8.35 Å². The first-order chi connectivity index (χ1) is 12.3. The van der Waals surface area contributed by atoms with Crippen molar-refractivity contribution < 1.29 is 4.12 Å². The molecular formula is C18H42Cl3NOSi5. The highest BCUT2D eigenvalue weighted by atomic mass is 35.8.